The number of amides is 1. The van der Waals surface area contributed by atoms with Gasteiger partial charge in [-0.15, -0.1) is 0 Å². The van der Waals surface area contributed by atoms with Crippen LogP contribution in [-0.2, 0) is 6.54 Å². The van der Waals surface area contributed by atoms with Gasteiger partial charge < -0.3 is 19.7 Å². The van der Waals surface area contributed by atoms with Crippen molar-refractivity contribution < 1.29 is 23.4 Å². The molecule has 4 rings (SSSR count). The lowest BCUT2D eigenvalue weighted by molar-refractivity contribution is 0.0871. The van der Waals surface area contributed by atoms with Crippen molar-refractivity contribution in [3.63, 3.8) is 0 Å². The van der Waals surface area contributed by atoms with Crippen LogP contribution in [0.2, 0.25) is 0 Å². The van der Waals surface area contributed by atoms with Crippen LogP contribution in [-0.4, -0.2) is 34.8 Å². The number of carbonyl (C=O) groups excluding carboxylic acids is 1. The average Bonchev–Trinajstić information content (AvgIpc) is 3.16. The van der Waals surface area contributed by atoms with E-state index < -0.39 is 40.5 Å². The van der Waals surface area contributed by atoms with Gasteiger partial charge in [-0.25, -0.2) is 8.78 Å². The highest BCUT2D eigenvalue weighted by Crippen LogP contribution is 2.23. The van der Waals surface area contributed by atoms with Crippen LogP contribution < -0.4 is 15.5 Å². The maximum atomic E-state index is 14.7. The summed E-state index contributed by atoms with van der Waals surface area (Å²) in [4.78, 5) is 25.8. The molecule has 3 aromatic rings. The molecule has 0 spiro atoms. The second-order valence-corrected chi connectivity index (χ2v) is 7.68. The van der Waals surface area contributed by atoms with Crippen LogP contribution in [0.25, 0.3) is 10.9 Å². The molecule has 2 aromatic carbocycles. The van der Waals surface area contributed by atoms with Crippen LogP contribution in [0.15, 0.2) is 47.4 Å². The lowest BCUT2D eigenvalue weighted by atomic mass is 10.1. The fourth-order valence-electron chi connectivity index (χ4n) is 4.02. The normalized spacial score (nSPS) is 18.3. The average molecular weight is 428 g/mol. The number of pyridine rings is 1. The third-order valence-electron chi connectivity index (χ3n) is 5.67. The number of benzene rings is 2. The summed E-state index contributed by atoms with van der Waals surface area (Å²) in [5, 5.41) is 12.2. The molecule has 0 bridgehead atoms. The Hall–Kier alpha value is -3.26. The van der Waals surface area contributed by atoms with Crippen LogP contribution in [0.4, 0.5) is 8.78 Å². The van der Waals surface area contributed by atoms with Crippen molar-refractivity contribution in [3.8, 4) is 5.75 Å². The second-order valence-electron chi connectivity index (χ2n) is 7.68. The van der Waals surface area contributed by atoms with E-state index in [0.717, 1.165) is 24.1 Å². The van der Waals surface area contributed by atoms with E-state index in [0.29, 0.717) is 18.6 Å². The number of hydrogen-bond donors (Lipinski definition) is 2. The topological polar surface area (TPSA) is 80.6 Å². The third kappa shape index (κ3) is 4.03. The highest BCUT2D eigenvalue weighted by atomic mass is 19.1. The van der Waals surface area contributed by atoms with Crippen LogP contribution in [0.3, 0.4) is 0 Å². The van der Waals surface area contributed by atoms with Gasteiger partial charge in [0.05, 0.1) is 30.2 Å². The SMILES string of the molecule is COc1ccc(Cn2cc(C(=O)NC3CCCC3O)c(=O)c3c(F)ccc(F)c32)cc1. The Balaban J connectivity index is 1.81. The zero-order valence-corrected chi connectivity index (χ0v) is 16.9. The molecular formula is C23H22F2N2O4. The van der Waals surface area contributed by atoms with Gasteiger partial charge in [0.15, 0.2) is 0 Å². The molecule has 2 atom stereocenters. The third-order valence-corrected chi connectivity index (χ3v) is 5.67. The van der Waals surface area contributed by atoms with Crippen molar-refractivity contribution in [3.05, 3.63) is 75.6 Å². The first-order valence-electron chi connectivity index (χ1n) is 10.0. The molecule has 31 heavy (non-hydrogen) atoms. The van der Waals surface area contributed by atoms with Crippen molar-refractivity contribution in [2.24, 2.45) is 0 Å². The Kier molecular flexibility index (Phi) is 5.73. The fourth-order valence-corrected chi connectivity index (χ4v) is 4.02. The van der Waals surface area contributed by atoms with E-state index in [9.17, 15) is 23.5 Å². The van der Waals surface area contributed by atoms with E-state index in [-0.39, 0.29) is 17.6 Å². The summed E-state index contributed by atoms with van der Waals surface area (Å²) in [5.74, 6) is -1.74. The van der Waals surface area contributed by atoms with E-state index in [4.69, 9.17) is 4.74 Å². The molecule has 1 saturated carbocycles. The summed E-state index contributed by atoms with van der Waals surface area (Å²) in [6, 6.07) is 8.33. The van der Waals surface area contributed by atoms with Crippen molar-refractivity contribution in [1.82, 2.24) is 9.88 Å². The second kappa shape index (κ2) is 8.47. The number of halogens is 2. The van der Waals surface area contributed by atoms with Gasteiger partial charge >= 0.3 is 0 Å². The van der Waals surface area contributed by atoms with Crippen molar-refractivity contribution in [1.29, 1.82) is 0 Å². The zero-order valence-electron chi connectivity index (χ0n) is 16.9. The number of aromatic nitrogens is 1. The summed E-state index contributed by atoms with van der Waals surface area (Å²) >= 11 is 0. The molecule has 8 heteroatoms. The van der Waals surface area contributed by atoms with Crippen LogP contribution in [0, 0.1) is 11.6 Å². The van der Waals surface area contributed by atoms with E-state index in [2.05, 4.69) is 5.32 Å². The van der Waals surface area contributed by atoms with Crippen LogP contribution in [0.5, 0.6) is 5.75 Å². The first-order valence-corrected chi connectivity index (χ1v) is 10.0. The summed E-state index contributed by atoms with van der Waals surface area (Å²) in [6.07, 6.45) is 2.45. The predicted molar refractivity (Wildman–Crippen MR) is 111 cm³/mol. The van der Waals surface area contributed by atoms with Gasteiger partial charge in [0, 0.05) is 12.7 Å². The van der Waals surface area contributed by atoms with Crippen LogP contribution in [0.1, 0.15) is 35.2 Å². The molecular weight excluding hydrogens is 406 g/mol. The predicted octanol–water partition coefficient (Wildman–Crippen LogP) is 2.98. The number of aliphatic hydroxyl groups excluding tert-OH is 1. The van der Waals surface area contributed by atoms with E-state index >= 15 is 0 Å². The molecule has 1 heterocycles. The van der Waals surface area contributed by atoms with Gasteiger partial charge in [0.1, 0.15) is 22.9 Å². The van der Waals surface area contributed by atoms with Gasteiger partial charge in [0.2, 0.25) is 5.43 Å². The molecule has 6 nitrogen and oxygen atoms in total. The number of nitrogens with one attached hydrogen (secondary N) is 1. The number of fused-ring (bicyclic) bond motifs is 1. The highest BCUT2D eigenvalue weighted by Gasteiger charge is 2.28. The van der Waals surface area contributed by atoms with E-state index in [1.165, 1.54) is 17.9 Å². The maximum Gasteiger partial charge on any atom is 0.257 e. The van der Waals surface area contributed by atoms with E-state index in [1.807, 2.05) is 0 Å². The van der Waals surface area contributed by atoms with Gasteiger partial charge in [0.25, 0.3) is 5.91 Å². The number of methoxy groups -OCH3 is 1. The van der Waals surface area contributed by atoms with Gasteiger partial charge in [-0.2, -0.15) is 0 Å². The molecule has 0 radical (unpaired) electrons. The van der Waals surface area contributed by atoms with Crippen molar-refractivity contribution in [2.45, 2.75) is 38.0 Å². The molecule has 1 amide bonds. The number of ether oxygens (including phenoxy) is 1. The number of rotatable bonds is 5. The minimum Gasteiger partial charge on any atom is -0.497 e. The zero-order chi connectivity index (χ0) is 22.1. The Morgan fingerprint density at radius 2 is 1.87 bits per heavy atom. The molecule has 1 aliphatic rings. The van der Waals surface area contributed by atoms with Gasteiger partial charge in [-0.3, -0.25) is 9.59 Å². The quantitative estimate of drug-likeness (QED) is 0.655. The molecule has 1 aliphatic carbocycles. The first-order chi connectivity index (χ1) is 14.9. The lowest BCUT2D eigenvalue weighted by Gasteiger charge is -2.18. The number of hydrogen-bond acceptors (Lipinski definition) is 4. The van der Waals surface area contributed by atoms with Crippen LogP contribution >= 0.6 is 0 Å². The van der Waals surface area contributed by atoms with Gasteiger partial charge in [-0.05, 0) is 49.1 Å². The summed E-state index contributed by atoms with van der Waals surface area (Å²) in [5.41, 5.74) is -0.655. The monoisotopic (exact) mass is 428 g/mol. The summed E-state index contributed by atoms with van der Waals surface area (Å²) in [6.45, 7) is 0.105. The Labute approximate surface area is 177 Å². The van der Waals surface area contributed by atoms with Crippen molar-refractivity contribution in [2.75, 3.05) is 7.11 Å². The van der Waals surface area contributed by atoms with Crippen molar-refractivity contribution >= 4 is 16.8 Å². The Morgan fingerprint density at radius 1 is 1.16 bits per heavy atom. The summed E-state index contributed by atoms with van der Waals surface area (Å²) < 4.78 is 35.7. The molecule has 2 N–H and O–H groups in total. The number of aliphatic hydroxyl groups is 1. The molecule has 1 fully saturated rings. The molecule has 0 aliphatic heterocycles. The van der Waals surface area contributed by atoms with E-state index in [1.54, 1.807) is 24.3 Å². The molecule has 162 valence electrons. The molecule has 2 unspecified atom stereocenters. The largest absolute Gasteiger partial charge is 0.497 e. The maximum absolute atomic E-state index is 14.7. The number of carbonyl (C=O) groups is 1. The fraction of sp³-hybridized carbons (Fsp3) is 0.304. The lowest BCUT2D eigenvalue weighted by Crippen LogP contribution is -2.41. The minimum atomic E-state index is -0.902. The first kappa shape index (κ1) is 21.0. The molecule has 1 aromatic heterocycles. The Morgan fingerprint density at radius 3 is 2.52 bits per heavy atom. The van der Waals surface area contributed by atoms with Gasteiger partial charge in [-0.1, -0.05) is 12.1 Å². The number of nitrogens with zero attached hydrogens (tertiary/aromatic N) is 1. The summed E-state index contributed by atoms with van der Waals surface area (Å²) in [7, 11) is 1.54. The smallest absolute Gasteiger partial charge is 0.257 e. The minimum absolute atomic E-state index is 0.105. The molecule has 0 saturated heterocycles. The highest BCUT2D eigenvalue weighted by molar-refractivity contribution is 5.97. The Bertz CT molecular complexity index is 1190. The standard InChI is InChI=1S/C23H22F2N2O4/c1-31-14-7-5-13(6-8-14)11-27-12-15(23(30)26-18-3-2-4-19(18)28)22(29)20-16(24)9-10-17(25)21(20)27/h5-10,12,18-19,28H,2-4,11H2,1H3,(H,26,30).